The maximum atomic E-state index is 2.42. The van der Waals surface area contributed by atoms with Crippen LogP contribution in [0, 0.1) is 0 Å². The summed E-state index contributed by atoms with van der Waals surface area (Å²) in [6.45, 7) is 11.9. The fraction of sp³-hybridized carbons (Fsp3) is 0.455. The van der Waals surface area contributed by atoms with Gasteiger partial charge in [0.15, 0.2) is 0 Å². The Morgan fingerprint density at radius 2 is 1.26 bits per heavy atom. The highest BCUT2D eigenvalue weighted by molar-refractivity contribution is 6.85. The molecule has 0 aliphatic rings. The van der Waals surface area contributed by atoms with Crippen LogP contribution in [0.25, 0.3) is 0 Å². The molecule has 0 heterocycles. The molecular formula is C22H31B. The normalized spacial score (nSPS) is 11.3. The molecule has 0 atom stereocenters. The molecule has 0 N–H and O–H groups in total. The van der Waals surface area contributed by atoms with Crippen LogP contribution in [0.3, 0.4) is 0 Å². The van der Waals surface area contributed by atoms with Crippen LogP contribution in [0.1, 0.15) is 70.4 Å². The van der Waals surface area contributed by atoms with Gasteiger partial charge >= 0.3 is 0 Å². The summed E-state index contributed by atoms with van der Waals surface area (Å²) in [5.74, 6) is 1.17. The standard InChI is InChI=1S/C22H31B/c1-6-7-14-23(21-12-8-10-19(15-21)17(2)3)22-13-9-11-20(16-22)18(4)5/h8-13,15-18H,6-7,14H2,1-5H3. The summed E-state index contributed by atoms with van der Waals surface area (Å²) in [4.78, 5) is 0. The summed E-state index contributed by atoms with van der Waals surface area (Å²) in [6, 6.07) is 18.5. The molecule has 0 bridgehead atoms. The lowest BCUT2D eigenvalue weighted by Crippen LogP contribution is -2.42. The molecule has 0 saturated heterocycles. The minimum Gasteiger partial charge on any atom is -0.0739 e. The van der Waals surface area contributed by atoms with Crippen molar-refractivity contribution in [1.82, 2.24) is 0 Å². The van der Waals surface area contributed by atoms with E-state index in [1.807, 2.05) is 0 Å². The van der Waals surface area contributed by atoms with Gasteiger partial charge in [0.05, 0.1) is 0 Å². The molecule has 0 nitrogen and oxygen atoms in total. The Bertz CT molecular complexity index is 561. The molecule has 2 rings (SSSR count). The Labute approximate surface area is 143 Å². The Hall–Kier alpha value is -1.50. The lowest BCUT2D eigenvalue weighted by atomic mass is 9.38. The zero-order valence-electron chi connectivity index (χ0n) is 15.5. The van der Waals surface area contributed by atoms with Gasteiger partial charge in [-0.2, -0.15) is 0 Å². The second-order valence-corrected chi connectivity index (χ2v) is 7.34. The Morgan fingerprint density at radius 1 is 0.783 bits per heavy atom. The van der Waals surface area contributed by atoms with Gasteiger partial charge in [0.25, 0.3) is 0 Å². The topological polar surface area (TPSA) is 0 Å². The van der Waals surface area contributed by atoms with Gasteiger partial charge in [0, 0.05) is 0 Å². The van der Waals surface area contributed by atoms with Crippen LogP contribution in [0.2, 0.25) is 6.32 Å². The van der Waals surface area contributed by atoms with Gasteiger partial charge in [-0.1, -0.05) is 113 Å². The Balaban J connectivity index is 2.40. The van der Waals surface area contributed by atoms with Crippen molar-refractivity contribution in [2.75, 3.05) is 0 Å². The third-order valence-electron chi connectivity index (χ3n) is 4.81. The van der Waals surface area contributed by atoms with Crippen LogP contribution in [0.5, 0.6) is 0 Å². The molecule has 0 fully saturated rings. The van der Waals surface area contributed by atoms with E-state index in [0.29, 0.717) is 18.5 Å². The summed E-state index contributed by atoms with van der Waals surface area (Å²) in [5.41, 5.74) is 5.85. The molecule has 2 aromatic carbocycles. The quantitative estimate of drug-likeness (QED) is 0.605. The highest BCUT2D eigenvalue weighted by Gasteiger charge is 2.19. The van der Waals surface area contributed by atoms with E-state index >= 15 is 0 Å². The average molecular weight is 306 g/mol. The van der Waals surface area contributed by atoms with E-state index in [1.165, 1.54) is 41.2 Å². The first-order chi connectivity index (χ1) is 11.0. The Kier molecular flexibility index (Phi) is 6.51. The molecule has 0 aromatic heterocycles. The van der Waals surface area contributed by atoms with Crippen LogP contribution in [0.15, 0.2) is 48.5 Å². The predicted molar refractivity (Wildman–Crippen MR) is 106 cm³/mol. The van der Waals surface area contributed by atoms with Crippen molar-refractivity contribution >= 4 is 17.6 Å². The molecule has 122 valence electrons. The zero-order valence-corrected chi connectivity index (χ0v) is 15.5. The first-order valence-corrected chi connectivity index (χ1v) is 9.22. The fourth-order valence-corrected chi connectivity index (χ4v) is 3.20. The van der Waals surface area contributed by atoms with Gasteiger partial charge in [-0.25, -0.2) is 0 Å². The monoisotopic (exact) mass is 306 g/mol. The Morgan fingerprint density at radius 3 is 1.65 bits per heavy atom. The van der Waals surface area contributed by atoms with Crippen molar-refractivity contribution in [3.8, 4) is 0 Å². The van der Waals surface area contributed by atoms with Gasteiger partial charge in [-0.05, 0) is 23.0 Å². The molecule has 0 aliphatic heterocycles. The van der Waals surface area contributed by atoms with E-state index in [9.17, 15) is 0 Å². The van der Waals surface area contributed by atoms with E-state index in [0.717, 1.165) is 0 Å². The van der Waals surface area contributed by atoms with E-state index in [1.54, 1.807) is 0 Å². The molecule has 0 amide bonds. The molecule has 0 aliphatic carbocycles. The summed E-state index contributed by atoms with van der Waals surface area (Å²) in [6.07, 6.45) is 3.77. The minimum absolute atomic E-state index is 0.521. The van der Waals surface area contributed by atoms with Crippen molar-refractivity contribution < 1.29 is 0 Å². The summed E-state index contributed by atoms with van der Waals surface area (Å²) in [7, 11) is 0. The van der Waals surface area contributed by atoms with Gasteiger partial charge in [0.2, 0.25) is 6.71 Å². The smallest absolute Gasteiger partial charge is 0.0739 e. The van der Waals surface area contributed by atoms with Crippen molar-refractivity contribution in [3.63, 3.8) is 0 Å². The van der Waals surface area contributed by atoms with Gasteiger partial charge in [0.1, 0.15) is 0 Å². The average Bonchev–Trinajstić information content (AvgIpc) is 2.55. The summed E-state index contributed by atoms with van der Waals surface area (Å²) < 4.78 is 0. The first kappa shape index (κ1) is 17.9. The van der Waals surface area contributed by atoms with Crippen LogP contribution < -0.4 is 10.9 Å². The zero-order chi connectivity index (χ0) is 16.8. The molecule has 2 aromatic rings. The van der Waals surface area contributed by atoms with Crippen molar-refractivity contribution in [3.05, 3.63) is 59.7 Å². The molecule has 23 heavy (non-hydrogen) atoms. The van der Waals surface area contributed by atoms with Crippen LogP contribution in [-0.4, -0.2) is 6.71 Å². The number of unbranched alkanes of at least 4 members (excludes halogenated alkanes) is 1. The maximum Gasteiger partial charge on any atom is 0.209 e. The number of benzene rings is 2. The lowest BCUT2D eigenvalue weighted by Gasteiger charge is -2.18. The van der Waals surface area contributed by atoms with Crippen LogP contribution >= 0.6 is 0 Å². The molecule has 0 unspecified atom stereocenters. The minimum atomic E-state index is 0.521. The molecule has 1 heteroatoms. The largest absolute Gasteiger partial charge is 0.209 e. The lowest BCUT2D eigenvalue weighted by molar-refractivity contribution is 0.865. The van der Waals surface area contributed by atoms with E-state index in [4.69, 9.17) is 0 Å². The third-order valence-corrected chi connectivity index (χ3v) is 4.81. The number of hydrogen-bond acceptors (Lipinski definition) is 0. The van der Waals surface area contributed by atoms with Crippen molar-refractivity contribution in [2.24, 2.45) is 0 Å². The van der Waals surface area contributed by atoms with E-state index < -0.39 is 0 Å². The van der Waals surface area contributed by atoms with E-state index in [2.05, 4.69) is 83.1 Å². The highest BCUT2D eigenvalue weighted by atomic mass is 14.1. The fourth-order valence-electron chi connectivity index (χ4n) is 3.20. The number of rotatable bonds is 7. The van der Waals surface area contributed by atoms with Gasteiger partial charge < -0.3 is 0 Å². The van der Waals surface area contributed by atoms with Crippen LogP contribution in [0.4, 0.5) is 0 Å². The summed E-state index contributed by atoms with van der Waals surface area (Å²) in [5, 5.41) is 0. The second kappa shape index (κ2) is 8.38. The molecular weight excluding hydrogens is 275 g/mol. The first-order valence-electron chi connectivity index (χ1n) is 9.22. The second-order valence-electron chi connectivity index (χ2n) is 7.34. The molecule has 0 saturated carbocycles. The number of hydrogen-bond donors (Lipinski definition) is 0. The van der Waals surface area contributed by atoms with Crippen LogP contribution in [-0.2, 0) is 0 Å². The third kappa shape index (κ3) is 4.74. The predicted octanol–water partition coefficient (Wildman–Crippen LogP) is 5.34. The van der Waals surface area contributed by atoms with Crippen molar-refractivity contribution in [1.29, 1.82) is 0 Å². The summed E-state index contributed by atoms with van der Waals surface area (Å²) >= 11 is 0. The van der Waals surface area contributed by atoms with E-state index in [-0.39, 0.29) is 0 Å². The van der Waals surface area contributed by atoms with Gasteiger partial charge in [-0.15, -0.1) is 0 Å². The maximum absolute atomic E-state index is 2.42. The van der Waals surface area contributed by atoms with Gasteiger partial charge in [-0.3, -0.25) is 0 Å². The SMILES string of the molecule is CCCCB(c1cccc(C(C)C)c1)c1cccc(C(C)C)c1. The highest BCUT2D eigenvalue weighted by Crippen LogP contribution is 2.15. The van der Waals surface area contributed by atoms with Crippen molar-refractivity contribution in [2.45, 2.75) is 65.6 Å². The molecule has 0 radical (unpaired) electrons. The molecule has 0 spiro atoms.